The minimum absolute atomic E-state index is 0.0291. The topological polar surface area (TPSA) is 13.1 Å². The van der Waals surface area contributed by atoms with Crippen LogP contribution in [0.1, 0.15) is 8.22 Å². The number of hydrogen-bond donors (Lipinski definition) is 0. The van der Waals surface area contributed by atoms with Gasteiger partial charge in [-0.05, 0) is 118 Å². The number of benzene rings is 11. The Morgan fingerprint density at radius 2 is 0.754 bits per heavy atom. The maximum atomic E-state index is 9.37. The molecule has 284 valence electrons. The van der Waals surface area contributed by atoms with Crippen LogP contribution in [0.15, 0.2) is 235 Å². The quantitative estimate of drug-likeness (QED) is 0.153. The molecule has 0 unspecified atom stereocenters. The summed E-state index contributed by atoms with van der Waals surface area (Å²) in [6, 6.07) is 65.7. The van der Waals surface area contributed by atoms with Crippen LogP contribution in [0.25, 0.3) is 121 Å². The van der Waals surface area contributed by atoms with E-state index in [1.807, 2.05) is 30.3 Å². The maximum Gasteiger partial charge on any atom is 0.143 e. The number of furan rings is 1. The maximum absolute atomic E-state index is 9.37. The Morgan fingerprint density at radius 1 is 0.279 bits per heavy atom. The fourth-order valence-electron chi connectivity index (χ4n) is 9.15. The van der Waals surface area contributed by atoms with Gasteiger partial charge in [-0.1, -0.05) is 200 Å². The molecule has 1 nitrogen and oxygen atoms in total. The summed E-state index contributed by atoms with van der Waals surface area (Å²) in [5.41, 5.74) is 13.0. The van der Waals surface area contributed by atoms with Crippen molar-refractivity contribution in [2.45, 2.75) is 0 Å². The van der Waals surface area contributed by atoms with Crippen molar-refractivity contribution in [3.63, 3.8) is 0 Å². The van der Waals surface area contributed by atoms with Gasteiger partial charge in [0.25, 0.3) is 0 Å². The monoisotopic (exact) mass is 780 g/mol. The van der Waals surface area contributed by atoms with E-state index in [-0.39, 0.29) is 40.5 Å². The highest BCUT2D eigenvalue weighted by molar-refractivity contribution is 6.22. The SMILES string of the molecule is [2H]c1c([2H])c([2H])c2c(c1[2H])c([2H])c([2H])c1c3cc(-c4cccc(-c5c6ccccc6c(-c6cccc(-c7ccccc7)c6)c6ccccc56)c4)cc(-c4ccc(-c5ccccc5)cc4)c3oc21. The lowest BCUT2D eigenvalue weighted by atomic mass is 9.85. The van der Waals surface area contributed by atoms with Gasteiger partial charge < -0.3 is 4.42 Å². The third kappa shape index (κ3) is 5.93. The summed E-state index contributed by atoms with van der Waals surface area (Å²) in [4.78, 5) is 0. The molecule has 0 saturated heterocycles. The molecule has 0 amide bonds. The van der Waals surface area contributed by atoms with E-state index in [0.29, 0.717) is 16.4 Å². The van der Waals surface area contributed by atoms with Gasteiger partial charge in [0.1, 0.15) is 11.2 Å². The van der Waals surface area contributed by atoms with Crippen LogP contribution in [0.4, 0.5) is 0 Å². The Labute approximate surface area is 362 Å². The summed E-state index contributed by atoms with van der Waals surface area (Å²) >= 11 is 0. The minimum Gasteiger partial charge on any atom is -0.455 e. The molecule has 0 radical (unpaired) electrons. The van der Waals surface area contributed by atoms with Crippen molar-refractivity contribution in [2.24, 2.45) is 0 Å². The lowest BCUT2D eigenvalue weighted by molar-refractivity contribution is 0.674. The van der Waals surface area contributed by atoms with E-state index in [9.17, 15) is 1.37 Å². The van der Waals surface area contributed by atoms with Crippen LogP contribution in [0.3, 0.4) is 0 Å². The van der Waals surface area contributed by atoms with Gasteiger partial charge in [-0.3, -0.25) is 0 Å². The predicted octanol–water partition coefficient (Wildman–Crippen LogP) is 17.0. The fourth-order valence-corrected chi connectivity index (χ4v) is 9.15. The van der Waals surface area contributed by atoms with Crippen molar-refractivity contribution in [3.05, 3.63) is 230 Å². The molecule has 0 fully saturated rings. The highest BCUT2D eigenvalue weighted by Crippen LogP contribution is 2.46. The fraction of sp³-hybridized carbons (Fsp3) is 0. The van der Waals surface area contributed by atoms with E-state index in [4.69, 9.17) is 11.3 Å². The normalized spacial score (nSPS) is 13.0. The van der Waals surface area contributed by atoms with E-state index in [0.717, 1.165) is 77.2 Å². The van der Waals surface area contributed by atoms with Crippen LogP contribution in [0.2, 0.25) is 0 Å². The molecule has 0 atom stereocenters. The van der Waals surface area contributed by atoms with Gasteiger partial charge in [0.05, 0.1) is 8.22 Å². The molecule has 0 aliphatic heterocycles. The predicted molar refractivity (Wildman–Crippen MR) is 259 cm³/mol. The van der Waals surface area contributed by atoms with Crippen molar-refractivity contribution >= 4 is 54.3 Å². The van der Waals surface area contributed by atoms with Gasteiger partial charge in [0, 0.05) is 21.7 Å². The van der Waals surface area contributed by atoms with E-state index < -0.39 is 12.1 Å². The third-order valence-corrected chi connectivity index (χ3v) is 12.0. The van der Waals surface area contributed by atoms with Gasteiger partial charge in [0.15, 0.2) is 0 Å². The van der Waals surface area contributed by atoms with Gasteiger partial charge in [-0.25, -0.2) is 0 Å². The second-order valence-electron chi connectivity index (χ2n) is 15.5. The standard InChI is InChI=1S/C60H38O/c1-3-15-39(16-4-1)41-29-31-43(32-30-41)55-37-48(38-56-54-34-33-42-19-7-8-24-49(42)59(54)61-60(55)56)45-21-14-23-47(36-45)58-52-27-11-9-25-50(52)57(51-26-10-12-28-53(51)58)46-22-13-20-44(35-46)40-17-5-2-6-18-40/h1-38H/i7D,8D,19D,24D,33D,34D. The lowest BCUT2D eigenvalue weighted by Gasteiger charge is -2.18. The zero-order chi connectivity index (χ0) is 45.5. The average Bonchev–Trinajstić information content (AvgIpc) is 3.77. The molecule has 0 saturated carbocycles. The molecule has 1 heterocycles. The lowest BCUT2D eigenvalue weighted by Crippen LogP contribution is -1.91. The Kier molecular flexibility index (Phi) is 6.89. The second kappa shape index (κ2) is 14.4. The molecule has 0 spiro atoms. The van der Waals surface area contributed by atoms with Gasteiger partial charge in [-0.15, -0.1) is 0 Å². The van der Waals surface area contributed by atoms with Gasteiger partial charge >= 0.3 is 0 Å². The van der Waals surface area contributed by atoms with Crippen LogP contribution >= 0.6 is 0 Å². The van der Waals surface area contributed by atoms with Crippen LogP contribution in [-0.4, -0.2) is 0 Å². The number of hydrogen-bond acceptors (Lipinski definition) is 1. The number of rotatable bonds is 6. The summed E-state index contributed by atoms with van der Waals surface area (Å²) in [5.74, 6) is 0. The summed E-state index contributed by atoms with van der Waals surface area (Å²) in [6.07, 6.45) is 0. The molecular formula is C60H38O. The van der Waals surface area contributed by atoms with E-state index >= 15 is 0 Å². The molecule has 11 aromatic carbocycles. The van der Waals surface area contributed by atoms with Crippen molar-refractivity contribution in [1.29, 1.82) is 0 Å². The van der Waals surface area contributed by atoms with Gasteiger partial charge in [0.2, 0.25) is 0 Å². The molecule has 0 bridgehead atoms. The van der Waals surface area contributed by atoms with Crippen molar-refractivity contribution in [3.8, 4) is 66.8 Å². The molecular weight excluding hydrogens is 737 g/mol. The van der Waals surface area contributed by atoms with E-state index in [2.05, 4.69) is 164 Å². The molecule has 0 aliphatic carbocycles. The largest absolute Gasteiger partial charge is 0.455 e. The third-order valence-electron chi connectivity index (χ3n) is 12.0. The van der Waals surface area contributed by atoms with E-state index in [1.54, 1.807) is 0 Å². The first-order valence-electron chi connectivity index (χ1n) is 23.5. The zero-order valence-electron chi connectivity index (χ0n) is 38.9. The molecule has 1 aromatic heterocycles. The van der Waals surface area contributed by atoms with E-state index in [1.165, 1.54) is 11.1 Å². The van der Waals surface area contributed by atoms with Crippen LogP contribution in [0, 0.1) is 0 Å². The molecule has 0 aliphatic rings. The van der Waals surface area contributed by atoms with Gasteiger partial charge in [-0.2, -0.15) is 0 Å². The highest BCUT2D eigenvalue weighted by Gasteiger charge is 2.20. The summed E-state index contributed by atoms with van der Waals surface area (Å²) < 4.78 is 59.9. The molecule has 12 rings (SSSR count). The Morgan fingerprint density at radius 3 is 1.36 bits per heavy atom. The minimum atomic E-state index is -0.449. The summed E-state index contributed by atoms with van der Waals surface area (Å²) in [7, 11) is 0. The molecule has 61 heavy (non-hydrogen) atoms. The Balaban J connectivity index is 1.10. The van der Waals surface area contributed by atoms with Crippen molar-refractivity contribution in [2.75, 3.05) is 0 Å². The van der Waals surface area contributed by atoms with Crippen LogP contribution in [0.5, 0.6) is 0 Å². The van der Waals surface area contributed by atoms with Crippen molar-refractivity contribution < 1.29 is 12.6 Å². The molecule has 1 heteroatoms. The molecule has 12 aromatic rings. The van der Waals surface area contributed by atoms with Crippen LogP contribution in [-0.2, 0) is 0 Å². The van der Waals surface area contributed by atoms with Crippen molar-refractivity contribution in [1.82, 2.24) is 0 Å². The molecule has 0 N–H and O–H groups in total. The zero-order valence-corrected chi connectivity index (χ0v) is 32.9. The summed E-state index contributed by atoms with van der Waals surface area (Å²) in [6.45, 7) is 0. The average molecular weight is 781 g/mol. The number of fused-ring (bicyclic) bond motifs is 7. The Bertz CT molecular complexity index is 3910. The second-order valence-corrected chi connectivity index (χ2v) is 15.5. The highest BCUT2D eigenvalue weighted by atomic mass is 16.3. The first-order valence-corrected chi connectivity index (χ1v) is 20.5. The Hall–Kier alpha value is -8.00. The summed E-state index contributed by atoms with van der Waals surface area (Å²) in [5, 5.41) is 5.56. The first kappa shape index (κ1) is 29.2. The van der Waals surface area contributed by atoms with Crippen LogP contribution < -0.4 is 0 Å². The smallest absolute Gasteiger partial charge is 0.143 e. The first-order chi connectivity index (χ1) is 32.7.